The van der Waals surface area contributed by atoms with Crippen molar-refractivity contribution in [3.8, 4) is 6.07 Å². The number of carbonyl (C=O) groups excluding carboxylic acids is 1. The van der Waals surface area contributed by atoms with Crippen LogP contribution in [0.1, 0.15) is 10.4 Å². The van der Waals surface area contributed by atoms with Gasteiger partial charge in [-0.1, -0.05) is 0 Å². The summed E-state index contributed by atoms with van der Waals surface area (Å²) >= 11 is 1.47. The molecule has 0 saturated heterocycles. The average molecular weight is 239 g/mol. The van der Waals surface area contributed by atoms with Crippen LogP contribution in [0.25, 0.3) is 0 Å². The third-order valence-corrected chi connectivity index (χ3v) is 2.92. The minimum absolute atomic E-state index is 0.242. The van der Waals surface area contributed by atoms with Crippen molar-refractivity contribution in [1.82, 2.24) is 5.32 Å². The van der Waals surface area contributed by atoms with Crippen molar-refractivity contribution in [3.05, 3.63) is 21.9 Å². The number of hydrogen-bond acceptors (Lipinski definition) is 5. The minimum Gasteiger partial charge on any atom is -0.383 e. The van der Waals surface area contributed by atoms with Crippen LogP contribution in [-0.2, 0) is 16.1 Å². The van der Waals surface area contributed by atoms with Crippen LogP contribution in [0.4, 0.5) is 0 Å². The number of nitriles is 1. The van der Waals surface area contributed by atoms with Gasteiger partial charge in [0, 0.05) is 23.9 Å². The van der Waals surface area contributed by atoms with Crippen LogP contribution < -0.4 is 11.1 Å². The van der Waals surface area contributed by atoms with Gasteiger partial charge in [-0.05, 0) is 6.07 Å². The Bertz CT molecular complexity index is 397. The molecule has 1 aromatic heterocycles. The van der Waals surface area contributed by atoms with Gasteiger partial charge in [-0.25, -0.2) is 0 Å². The molecule has 6 heteroatoms. The molecule has 0 aliphatic carbocycles. The molecule has 1 amide bonds. The van der Waals surface area contributed by atoms with Gasteiger partial charge in [0.25, 0.3) is 0 Å². The number of hydrogen-bond donors (Lipinski definition) is 2. The van der Waals surface area contributed by atoms with Gasteiger partial charge in [0.1, 0.15) is 12.1 Å². The molecule has 0 aliphatic heterocycles. The normalized spacial score (nSPS) is 12.0. The third kappa shape index (κ3) is 3.62. The highest BCUT2D eigenvalue weighted by molar-refractivity contribution is 7.10. The lowest BCUT2D eigenvalue weighted by Gasteiger charge is -2.13. The Morgan fingerprint density at radius 2 is 2.56 bits per heavy atom. The molecule has 1 heterocycles. The molecule has 0 fully saturated rings. The van der Waals surface area contributed by atoms with Gasteiger partial charge in [-0.15, -0.1) is 11.3 Å². The Morgan fingerprint density at radius 3 is 3.06 bits per heavy atom. The second-order valence-electron chi connectivity index (χ2n) is 3.20. The lowest BCUT2D eigenvalue weighted by Crippen LogP contribution is -2.43. The molecule has 0 bridgehead atoms. The number of methoxy groups -OCH3 is 1. The van der Waals surface area contributed by atoms with Gasteiger partial charge in [0.15, 0.2) is 0 Å². The lowest BCUT2D eigenvalue weighted by molar-refractivity contribution is -0.121. The van der Waals surface area contributed by atoms with Gasteiger partial charge in [-0.2, -0.15) is 5.26 Å². The topological polar surface area (TPSA) is 88.1 Å². The molecule has 5 nitrogen and oxygen atoms in total. The van der Waals surface area contributed by atoms with Crippen molar-refractivity contribution in [2.75, 3.05) is 13.7 Å². The highest BCUT2D eigenvalue weighted by atomic mass is 32.1. The molecular weight excluding hydrogens is 226 g/mol. The number of ether oxygens (including phenoxy) is 1. The van der Waals surface area contributed by atoms with E-state index in [0.717, 1.165) is 4.88 Å². The van der Waals surface area contributed by atoms with Crippen molar-refractivity contribution >= 4 is 17.2 Å². The third-order valence-electron chi connectivity index (χ3n) is 1.98. The van der Waals surface area contributed by atoms with E-state index in [1.54, 1.807) is 11.4 Å². The van der Waals surface area contributed by atoms with E-state index < -0.39 is 11.9 Å². The number of nitrogens with two attached hydrogens (primary N) is 1. The van der Waals surface area contributed by atoms with Crippen LogP contribution in [0.2, 0.25) is 0 Å². The molecule has 0 saturated carbocycles. The summed E-state index contributed by atoms with van der Waals surface area (Å²) in [5.41, 5.74) is 5.82. The predicted octanol–water partition coefficient (Wildman–Crippen LogP) is 0.210. The number of carbonyl (C=O) groups is 1. The van der Waals surface area contributed by atoms with Gasteiger partial charge in [0.05, 0.1) is 12.2 Å². The Morgan fingerprint density at radius 1 is 1.81 bits per heavy atom. The highest BCUT2D eigenvalue weighted by Crippen LogP contribution is 2.13. The monoisotopic (exact) mass is 239 g/mol. The summed E-state index contributed by atoms with van der Waals surface area (Å²) in [6.45, 7) is 0.745. The fourth-order valence-corrected chi connectivity index (χ4v) is 1.92. The summed E-state index contributed by atoms with van der Waals surface area (Å²) in [6.07, 6.45) is 0. The summed E-state index contributed by atoms with van der Waals surface area (Å²) in [6, 6.07) is 3.33. The zero-order valence-electron chi connectivity index (χ0n) is 8.90. The Labute approximate surface area is 97.8 Å². The summed E-state index contributed by atoms with van der Waals surface area (Å²) < 4.78 is 4.87. The summed E-state index contributed by atoms with van der Waals surface area (Å²) in [7, 11) is 1.51. The fourth-order valence-electron chi connectivity index (χ4n) is 1.16. The first-order chi connectivity index (χ1) is 7.67. The van der Waals surface area contributed by atoms with Crippen LogP contribution in [0.5, 0.6) is 0 Å². The number of nitrogens with zero attached hydrogens (tertiary/aromatic N) is 1. The first-order valence-electron chi connectivity index (χ1n) is 4.66. The standard InChI is InChI=1S/C10H13N3O2S/c1-15-5-9(10(12)14)13-4-8-2-7(3-11)6-16-8/h2,6,9,13H,4-5H2,1H3,(H2,12,14). The van der Waals surface area contributed by atoms with Crippen LogP contribution in [0.3, 0.4) is 0 Å². The maximum atomic E-state index is 11.0. The molecule has 1 atom stereocenters. The van der Waals surface area contributed by atoms with E-state index in [1.807, 2.05) is 6.07 Å². The molecule has 16 heavy (non-hydrogen) atoms. The minimum atomic E-state index is -0.502. The molecule has 86 valence electrons. The van der Waals surface area contributed by atoms with Crippen LogP contribution in [0, 0.1) is 11.3 Å². The van der Waals surface area contributed by atoms with E-state index in [0.29, 0.717) is 12.1 Å². The SMILES string of the molecule is COCC(NCc1cc(C#N)cs1)C(N)=O. The summed E-state index contributed by atoms with van der Waals surface area (Å²) in [4.78, 5) is 12.0. The Balaban J connectivity index is 2.49. The Hall–Kier alpha value is -1.42. The molecule has 1 unspecified atom stereocenters. The van der Waals surface area contributed by atoms with E-state index in [4.69, 9.17) is 15.7 Å². The number of rotatable bonds is 6. The van der Waals surface area contributed by atoms with Gasteiger partial charge < -0.3 is 10.5 Å². The highest BCUT2D eigenvalue weighted by Gasteiger charge is 2.14. The van der Waals surface area contributed by atoms with E-state index in [2.05, 4.69) is 5.32 Å². The zero-order valence-corrected chi connectivity index (χ0v) is 9.71. The molecule has 0 spiro atoms. The molecule has 0 radical (unpaired) electrons. The summed E-state index contributed by atoms with van der Waals surface area (Å²) in [5, 5.41) is 13.4. The van der Waals surface area contributed by atoms with E-state index in [1.165, 1.54) is 18.4 Å². The second-order valence-corrected chi connectivity index (χ2v) is 4.20. The molecule has 0 aromatic carbocycles. The van der Waals surface area contributed by atoms with E-state index in [9.17, 15) is 4.79 Å². The first-order valence-corrected chi connectivity index (χ1v) is 5.54. The maximum absolute atomic E-state index is 11.0. The van der Waals surface area contributed by atoms with Crippen LogP contribution >= 0.6 is 11.3 Å². The van der Waals surface area contributed by atoms with Crippen molar-refractivity contribution in [2.24, 2.45) is 5.73 Å². The largest absolute Gasteiger partial charge is 0.383 e. The first kappa shape index (κ1) is 12.6. The number of primary amides is 1. The van der Waals surface area contributed by atoms with Crippen molar-refractivity contribution in [3.63, 3.8) is 0 Å². The molecular formula is C10H13N3O2S. The number of thiophene rings is 1. The molecule has 1 aromatic rings. The van der Waals surface area contributed by atoms with Crippen molar-refractivity contribution < 1.29 is 9.53 Å². The van der Waals surface area contributed by atoms with Crippen molar-refractivity contribution in [2.45, 2.75) is 12.6 Å². The van der Waals surface area contributed by atoms with Gasteiger partial charge in [0.2, 0.25) is 5.91 Å². The smallest absolute Gasteiger partial charge is 0.236 e. The fraction of sp³-hybridized carbons (Fsp3) is 0.400. The average Bonchev–Trinajstić information content (AvgIpc) is 2.71. The van der Waals surface area contributed by atoms with Gasteiger partial charge in [-0.3, -0.25) is 10.1 Å². The number of amides is 1. The van der Waals surface area contributed by atoms with Crippen LogP contribution in [-0.4, -0.2) is 25.7 Å². The summed E-state index contributed by atoms with van der Waals surface area (Å²) in [5.74, 6) is -0.445. The molecule has 3 N–H and O–H groups in total. The van der Waals surface area contributed by atoms with E-state index in [-0.39, 0.29) is 6.61 Å². The number of nitrogens with one attached hydrogen (secondary N) is 1. The predicted molar refractivity (Wildman–Crippen MR) is 60.7 cm³/mol. The molecule has 0 aliphatic rings. The molecule has 1 rings (SSSR count). The van der Waals surface area contributed by atoms with Gasteiger partial charge >= 0.3 is 0 Å². The zero-order chi connectivity index (χ0) is 12.0. The van der Waals surface area contributed by atoms with Crippen molar-refractivity contribution in [1.29, 1.82) is 5.26 Å². The maximum Gasteiger partial charge on any atom is 0.236 e. The lowest BCUT2D eigenvalue weighted by atomic mass is 10.3. The quantitative estimate of drug-likeness (QED) is 0.742. The Kier molecular flexibility index (Phi) is 4.92. The van der Waals surface area contributed by atoms with Crippen LogP contribution in [0.15, 0.2) is 11.4 Å². The van der Waals surface area contributed by atoms with E-state index >= 15 is 0 Å². The second kappa shape index (κ2) is 6.23.